The fraction of sp³-hybridized carbons (Fsp3) is 0.467. The van der Waals surface area contributed by atoms with Crippen molar-refractivity contribution in [2.45, 2.75) is 20.8 Å². The normalized spacial score (nSPS) is 21.0. The minimum absolute atomic E-state index is 0.0568. The SMILES string of the molecule is CC(=Nc1ccccc1C)SCC(=O)O.CC1CS(=O)C1. The van der Waals surface area contributed by atoms with Crippen molar-refractivity contribution in [1.82, 2.24) is 0 Å². The van der Waals surface area contributed by atoms with Gasteiger partial charge in [-0.1, -0.05) is 36.9 Å². The number of benzene rings is 1. The molecule has 0 bridgehead atoms. The second-order valence-electron chi connectivity index (χ2n) is 4.98. The molecule has 1 aliphatic rings. The first-order valence-electron chi connectivity index (χ1n) is 6.69. The first kappa shape index (κ1) is 17.9. The van der Waals surface area contributed by atoms with E-state index in [0.717, 1.165) is 33.7 Å². The Morgan fingerprint density at radius 3 is 2.48 bits per heavy atom. The molecule has 0 radical (unpaired) electrons. The lowest BCUT2D eigenvalue weighted by Crippen LogP contribution is -2.27. The number of hydrogen-bond donors (Lipinski definition) is 1. The molecule has 1 N–H and O–H groups in total. The van der Waals surface area contributed by atoms with Crippen molar-refractivity contribution in [1.29, 1.82) is 0 Å². The summed E-state index contributed by atoms with van der Waals surface area (Å²) in [7, 11) is -0.422. The average molecular weight is 327 g/mol. The smallest absolute Gasteiger partial charge is 0.313 e. The topological polar surface area (TPSA) is 66.7 Å². The number of nitrogens with zero attached hydrogens (tertiary/aromatic N) is 1. The minimum atomic E-state index is -0.820. The number of aliphatic carboxylic acids is 1. The molecule has 0 aliphatic carbocycles. The van der Waals surface area contributed by atoms with Crippen molar-refractivity contribution in [3.63, 3.8) is 0 Å². The summed E-state index contributed by atoms with van der Waals surface area (Å²) in [5, 5.41) is 9.28. The quantitative estimate of drug-likeness (QED) is 0.683. The molecule has 0 aromatic heterocycles. The Hall–Kier alpha value is -1.14. The van der Waals surface area contributed by atoms with Gasteiger partial charge in [0.1, 0.15) is 0 Å². The molecule has 116 valence electrons. The highest BCUT2D eigenvalue weighted by molar-refractivity contribution is 8.14. The van der Waals surface area contributed by atoms with E-state index in [0.29, 0.717) is 0 Å². The molecule has 21 heavy (non-hydrogen) atoms. The third-order valence-electron chi connectivity index (χ3n) is 2.74. The van der Waals surface area contributed by atoms with Gasteiger partial charge in [0.2, 0.25) is 0 Å². The molecular weight excluding hydrogens is 306 g/mol. The summed E-state index contributed by atoms with van der Waals surface area (Å²) in [6.45, 7) is 5.93. The Morgan fingerprint density at radius 1 is 1.43 bits per heavy atom. The van der Waals surface area contributed by atoms with Gasteiger partial charge in [-0.3, -0.25) is 9.00 Å². The van der Waals surface area contributed by atoms with Crippen LogP contribution in [0.5, 0.6) is 0 Å². The van der Waals surface area contributed by atoms with Gasteiger partial charge in [-0.2, -0.15) is 0 Å². The second kappa shape index (κ2) is 9.00. The summed E-state index contributed by atoms with van der Waals surface area (Å²) in [4.78, 5) is 14.7. The number of carbonyl (C=O) groups is 1. The zero-order chi connectivity index (χ0) is 15.8. The van der Waals surface area contributed by atoms with Crippen LogP contribution in [-0.4, -0.2) is 37.6 Å². The van der Waals surface area contributed by atoms with E-state index in [9.17, 15) is 9.00 Å². The van der Waals surface area contributed by atoms with Crippen molar-refractivity contribution in [3.05, 3.63) is 29.8 Å². The molecule has 2 rings (SSSR count). The maximum absolute atomic E-state index is 10.3. The highest BCUT2D eigenvalue weighted by atomic mass is 32.2. The maximum Gasteiger partial charge on any atom is 0.313 e. The number of aryl methyl sites for hydroxylation is 1. The van der Waals surface area contributed by atoms with Crippen LogP contribution in [0.2, 0.25) is 0 Å². The molecule has 4 nitrogen and oxygen atoms in total. The number of thioether (sulfide) groups is 1. The molecule has 0 unspecified atom stereocenters. The Kier molecular flexibility index (Phi) is 7.67. The summed E-state index contributed by atoms with van der Waals surface area (Å²) in [5.41, 5.74) is 1.99. The minimum Gasteiger partial charge on any atom is -0.481 e. The van der Waals surface area contributed by atoms with Crippen molar-refractivity contribution in [3.8, 4) is 0 Å². The van der Waals surface area contributed by atoms with Gasteiger partial charge in [0.15, 0.2) is 0 Å². The van der Waals surface area contributed by atoms with Crippen LogP contribution >= 0.6 is 11.8 Å². The highest BCUT2D eigenvalue weighted by Gasteiger charge is 2.19. The van der Waals surface area contributed by atoms with Crippen molar-refractivity contribution in [2.24, 2.45) is 10.9 Å². The van der Waals surface area contributed by atoms with Crippen molar-refractivity contribution in [2.75, 3.05) is 17.3 Å². The Morgan fingerprint density at radius 2 is 2.05 bits per heavy atom. The molecule has 0 atom stereocenters. The van der Waals surface area contributed by atoms with E-state index in [2.05, 4.69) is 11.9 Å². The summed E-state index contributed by atoms with van der Waals surface area (Å²) < 4.78 is 10.2. The van der Waals surface area contributed by atoms with Crippen LogP contribution in [0.3, 0.4) is 0 Å². The molecule has 0 amide bonds. The van der Waals surface area contributed by atoms with E-state index < -0.39 is 16.8 Å². The standard InChI is InChI=1S/C11H13NO2S.C4H8OS/c1-8-5-3-4-6-10(8)12-9(2)15-7-11(13)14;1-4-2-6(5)3-4/h3-6H,7H2,1-2H3,(H,13,14);4H,2-3H2,1H3. The van der Waals surface area contributed by atoms with E-state index in [-0.39, 0.29) is 5.75 Å². The number of hydrogen-bond acceptors (Lipinski definition) is 4. The maximum atomic E-state index is 10.3. The number of carboxylic acids is 1. The summed E-state index contributed by atoms with van der Waals surface area (Å²) >= 11 is 1.24. The van der Waals surface area contributed by atoms with Crippen LogP contribution in [0.1, 0.15) is 19.4 Å². The molecule has 1 aromatic rings. The van der Waals surface area contributed by atoms with Gasteiger partial charge in [-0.25, -0.2) is 4.99 Å². The Bertz CT molecular complexity index is 535. The molecule has 1 saturated heterocycles. The zero-order valence-corrected chi connectivity index (χ0v) is 14.2. The van der Waals surface area contributed by atoms with Crippen molar-refractivity contribution < 1.29 is 14.1 Å². The lowest BCUT2D eigenvalue weighted by atomic mass is 10.2. The predicted molar refractivity (Wildman–Crippen MR) is 91.1 cm³/mol. The van der Waals surface area contributed by atoms with E-state index >= 15 is 0 Å². The lowest BCUT2D eigenvalue weighted by molar-refractivity contribution is -0.133. The van der Waals surface area contributed by atoms with Crippen molar-refractivity contribution >= 4 is 39.3 Å². The monoisotopic (exact) mass is 327 g/mol. The van der Waals surface area contributed by atoms with Crippen LogP contribution in [0.25, 0.3) is 0 Å². The summed E-state index contributed by atoms with van der Waals surface area (Å²) in [6, 6.07) is 7.77. The molecule has 0 spiro atoms. The third-order valence-corrected chi connectivity index (χ3v) is 5.52. The first-order chi connectivity index (χ1) is 9.88. The van der Waals surface area contributed by atoms with Crippen LogP contribution in [0.4, 0.5) is 5.69 Å². The van der Waals surface area contributed by atoms with Crippen LogP contribution in [-0.2, 0) is 15.6 Å². The first-order valence-corrected chi connectivity index (χ1v) is 9.16. The van der Waals surface area contributed by atoms with Crippen LogP contribution in [0.15, 0.2) is 29.3 Å². The van der Waals surface area contributed by atoms with E-state index in [1.165, 1.54) is 11.8 Å². The third kappa shape index (κ3) is 7.43. The molecular formula is C15H21NO3S2. The largest absolute Gasteiger partial charge is 0.481 e. The lowest BCUT2D eigenvalue weighted by Gasteiger charge is -2.18. The predicted octanol–water partition coefficient (Wildman–Crippen LogP) is 3.25. The fourth-order valence-corrected chi connectivity index (χ4v) is 3.31. The molecule has 0 saturated carbocycles. The van der Waals surface area contributed by atoms with Gasteiger partial charge in [-0.05, 0) is 31.4 Å². The Balaban J connectivity index is 0.000000304. The molecule has 6 heteroatoms. The van der Waals surface area contributed by atoms with Gasteiger partial charge in [0.05, 0.1) is 16.5 Å². The number of rotatable bonds is 3. The fourth-order valence-electron chi connectivity index (χ4n) is 1.64. The second-order valence-corrected chi connectivity index (χ2v) is 7.69. The van der Waals surface area contributed by atoms with Gasteiger partial charge < -0.3 is 5.11 Å². The zero-order valence-electron chi connectivity index (χ0n) is 12.5. The van der Waals surface area contributed by atoms with Crippen LogP contribution in [0, 0.1) is 12.8 Å². The van der Waals surface area contributed by atoms with Gasteiger partial charge in [0.25, 0.3) is 0 Å². The summed E-state index contributed by atoms with van der Waals surface area (Å²) in [5.74, 6) is 1.87. The molecule has 1 fully saturated rings. The number of aliphatic imine (C=N–C) groups is 1. The van der Waals surface area contributed by atoms with E-state index in [4.69, 9.17) is 5.11 Å². The molecule has 1 aliphatic heterocycles. The molecule has 1 heterocycles. The van der Waals surface area contributed by atoms with Crippen LogP contribution < -0.4 is 0 Å². The average Bonchev–Trinajstić information content (AvgIpc) is 2.39. The van der Waals surface area contributed by atoms with E-state index in [1.807, 2.05) is 38.1 Å². The van der Waals surface area contributed by atoms with Gasteiger partial charge in [-0.15, -0.1) is 0 Å². The molecule has 1 aromatic carbocycles. The van der Waals surface area contributed by atoms with Gasteiger partial charge in [0, 0.05) is 22.3 Å². The van der Waals surface area contributed by atoms with Gasteiger partial charge >= 0.3 is 5.97 Å². The number of para-hydroxylation sites is 1. The summed E-state index contributed by atoms with van der Waals surface area (Å²) in [6.07, 6.45) is 0. The number of carboxylic acid groups (broad SMARTS) is 1. The Labute approximate surface area is 132 Å². The highest BCUT2D eigenvalue weighted by Crippen LogP contribution is 2.19. The van der Waals surface area contributed by atoms with E-state index in [1.54, 1.807) is 0 Å².